The molecule has 2 unspecified atom stereocenters. The smallest absolute Gasteiger partial charge is 0.305 e. The molecule has 1 saturated heterocycles. The zero-order valence-corrected chi connectivity index (χ0v) is 8.85. The molecule has 5 nitrogen and oxygen atoms in total. The van der Waals surface area contributed by atoms with Gasteiger partial charge in [0.25, 0.3) is 0 Å². The van der Waals surface area contributed by atoms with Crippen molar-refractivity contribution in [1.82, 2.24) is 4.90 Å². The second kappa shape index (κ2) is 5.69. The summed E-state index contributed by atoms with van der Waals surface area (Å²) in [6.45, 7) is 3.56. The van der Waals surface area contributed by atoms with Crippen molar-refractivity contribution in [3.8, 4) is 6.07 Å². The molecule has 1 rings (SSSR count). The summed E-state index contributed by atoms with van der Waals surface area (Å²) in [6.07, 6.45) is 0.755. The molecule has 0 saturated carbocycles. The first-order valence-corrected chi connectivity index (χ1v) is 5.14. The maximum Gasteiger partial charge on any atom is 0.305 e. The Bertz CT molecular complexity index is 262. The lowest BCUT2D eigenvalue weighted by atomic mass is 10.1. The molecule has 0 amide bonds. The largest absolute Gasteiger partial charge is 0.481 e. The summed E-state index contributed by atoms with van der Waals surface area (Å²) in [5, 5.41) is 17.7. The van der Waals surface area contributed by atoms with Crippen molar-refractivity contribution < 1.29 is 14.6 Å². The highest BCUT2D eigenvalue weighted by atomic mass is 16.5. The van der Waals surface area contributed by atoms with Gasteiger partial charge in [0.05, 0.1) is 31.7 Å². The van der Waals surface area contributed by atoms with Crippen molar-refractivity contribution in [1.29, 1.82) is 5.26 Å². The van der Waals surface area contributed by atoms with Gasteiger partial charge in [-0.1, -0.05) is 6.92 Å². The van der Waals surface area contributed by atoms with Gasteiger partial charge in [-0.05, 0) is 6.42 Å². The van der Waals surface area contributed by atoms with Gasteiger partial charge >= 0.3 is 5.97 Å². The molecule has 0 spiro atoms. The summed E-state index contributed by atoms with van der Waals surface area (Å²) >= 11 is 0. The van der Waals surface area contributed by atoms with Crippen molar-refractivity contribution in [2.45, 2.75) is 31.8 Å². The number of morpholine rings is 1. The summed E-state index contributed by atoms with van der Waals surface area (Å²) in [5.41, 5.74) is 0. The van der Waals surface area contributed by atoms with E-state index in [4.69, 9.17) is 15.1 Å². The van der Waals surface area contributed by atoms with Gasteiger partial charge in [-0.3, -0.25) is 9.69 Å². The number of carboxylic acid groups (broad SMARTS) is 1. The monoisotopic (exact) mass is 212 g/mol. The molecule has 0 radical (unpaired) electrons. The zero-order valence-electron chi connectivity index (χ0n) is 8.85. The number of carbonyl (C=O) groups is 1. The number of nitriles is 1. The van der Waals surface area contributed by atoms with Gasteiger partial charge in [0.1, 0.15) is 0 Å². The van der Waals surface area contributed by atoms with Crippen molar-refractivity contribution >= 4 is 5.97 Å². The number of aliphatic carboxylic acids is 1. The van der Waals surface area contributed by atoms with E-state index in [1.165, 1.54) is 0 Å². The summed E-state index contributed by atoms with van der Waals surface area (Å²) in [5.74, 6) is -0.844. The fraction of sp³-hybridized carbons (Fsp3) is 0.800. The number of nitrogens with zero attached hydrogens (tertiary/aromatic N) is 2. The van der Waals surface area contributed by atoms with Gasteiger partial charge in [-0.2, -0.15) is 5.26 Å². The first kappa shape index (κ1) is 12.0. The van der Waals surface area contributed by atoms with E-state index in [9.17, 15) is 4.79 Å². The SMILES string of the molecule is CCC(C#N)N1CCOCC1CC(=O)O. The quantitative estimate of drug-likeness (QED) is 0.733. The highest BCUT2D eigenvalue weighted by Crippen LogP contribution is 2.15. The van der Waals surface area contributed by atoms with Crippen LogP contribution in [0.3, 0.4) is 0 Å². The average molecular weight is 212 g/mol. The maximum atomic E-state index is 10.6. The Morgan fingerprint density at radius 3 is 3.07 bits per heavy atom. The molecular weight excluding hydrogens is 196 g/mol. The summed E-state index contributed by atoms with van der Waals surface area (Å²) in [6, 6.07) is 1.84. The van der Waals surface area contributed by atoms with Crippen LogP contribution in [0.1, 0.15) is 19.8 Å². The van der Waals surface area contributed by atoms with E-state index in [2.05, 4.69) is 6.07 Å². The highest BCUT2D eigenvalue weighted by molar-refractivity contribution is 5.67. The van der Waals surface area contributed by atoms with Crippen molar-refractivity contribution in [2.24, 2.45) is 0 Å². The topological polar surface area (TPSA) is 73.6 Å². The minimum atomic E-state index is -0.844. The number of hydrogen-bond acceptors (Lipinski definition) is 4. The fourth-order valence-corrected chi connectivity index (χ4v) is 1.86. The zero-order chi connectivity index (χ0) is 11.3. The standard InChI is InChI=1S/C10H16N2O3/c1-2-8(6-11)12-3-4-15-7-9(12)5-10(13)14/h8-9H,2-5,7H2,1H3,(H,13,14). The first-order valence-electron chi connectivity index (χ1n) is 5.14. The van der Waals surface area contributed by atoms with Crippen LogP contribution < -0.4 is 0 Å². The first-order chi connectivity index (χ1) is 7.19. The van der Waals surface area contributed by atoms with Crippen molar-refractivity contribution in [3.63, 3.8) is 0 Å². The Hall–Kier alpha value is -1.12. The van der Waals surface area contributed by atoms with Crippen LogP contribution in [0, 0.1) is 11.3 Å². The molecule has 1 heterocycles. The van der Waals surface area contributed by atoms with E-state index < -0.39 is 5.97 Å². The van der Waals surface area contributed by atoms with Crippen molar-refractivity contribution in [2.75, 3.05) is 19.8 Å². The van der Waals surface area contributed by atoms with E-state index in [0.29, 0.717) is 26.2 Å². The van der Waals surface area contributed by atoms with Crippen LogP contribution in [0.15, 0.2) is 0 Å². The minimum Gasteiger partial charge on any atom is -0.481 e. The van der Waals surface area contributed by atoms with Gasteiger partial charge in [0.15, 0.2) is 0 Å². The molecule has 0 bridgehead atoms. The van der Waals surface area contributed by atoms with Crippen LogP contribution in [0.5, 0.6) is 0 Å². The molecule has 0 aromatic heterocycles. The molecular formula is C10H16N2O3. The summed E-state index contributed by atoms with van der Waals surface area (Å²) in [7, 11) is 0. The van der Waals surface area contributed by atoms with E-state index in [0.717, 1.165) is 0 Å². The number of carboxylic acids is 1. The lowest BCUT2D eigenvalue weighted by molar-refractivity contribution is -0.140. The van der Waals surface area contributed by atoms with Gasteiger partial charge < -0.3 is 9.84 Å². The van der Waals surface area contributed by atoms with Gasteiger partial charge in [-0.25, -0.2) is 0 Å². The molecule has 0 aromatic rings. The fourth-order valence-electron chi connectivity index (χ4n) is 1.86. The maximum absolute atomic E-state index is 10.6. The Morgan fingerprint density at radius 1 is 1.80 bits per heavy atom. The van der Waals surface area contributed by atoms with Crippen LogP contribution in [-0.2, 0) is 9.53 Å². The van der Waals surface area contributed by atoms with Gasteiger partial charge in [0.2, 0.25) is 0 Å². The van der Waals surface area contributed by atoms with E-state index in [-0.39, 0.29) is 18.5 Å². The van der Waals surface area contributed by atoms with Crippen LogP contribution in [-0.4, -0.2) is 47.8 Å². The Balaban J connectivity index is 2.64. The predicted octanol–water partition coefficient (Wildman–Crippen LogP) is 0.464. The van der Waals surface area contributed by atoms with E-state index >= 15 is 0 Å². The number of ether oxygens (including phenoxy) is 1. The molecule has 0 aromatic carbocycles. The molecule has 84 valence electrons. The Morgan fingerprint density at radius 2 is 2.53 bits per heavy atom. The van der Waals surface area contributed by atoms with Gasteiger partial charge in [0, 0.05) is 12.6 Å². The third kappa shape index (κ3) is 3.18. The Kier molecular flexibility index (Phi) is 4.53. The molecule has 15 heavy (non-hydrogen) atoms. The second-order valence-corrected chi connectivity index (χ2v) is 3.62. The van der Waals surface area contributed by atoms with Crippen LogP contribution in [0.25, 0.3) is 0 Å². The third-order valence-corrected chi connectivity index (χ3v) is 2.62. The summed E-state index contributed by atoms with van der Waals surface area (Å²) < 4.78 is 5.24. The number of hydrogen-bond donors (Lipinski definition) is 1. The normalized spacial score (nSPS) is 24.4. The molecule has 0 aliphatic carbocycles. The highest BCUT2D eigenvalue weighted by Gasteiger charge is 2.29. The van der Waals surface area contributed by atoms with Crippen molar-refractivity contribution in [3.05, 3.63) is 0 Å². The molecule has 1 aliphatic heterocycles. The average Bonchev–Trinajstić information content (AvgIpc) is 2.21. The van der Waals surface area contributed by atoms with E-state index in [1.54, 1.807) is 0 Å². The summed E-state index contributed by atoms with van der Waals surface area (Å²) in [4.78, 5) is 12.6. The molecule has 2 atom stereocenters. The lowest BCUT2D eigenvalue weighted by Crippen LogP contribution is -2.50. The van der Waals surface area contributed by atoms with Crippen LogP contribution in [0.2, 0.25) is 0 Å². The predicted molar refractivity (Wildman–Crippen MR) is 53.3 cm³/mol. The molecule has 1 fully saturated rings. The molecule has 1 N–H and O–H groups in total. The molecule has 1 aliphatic rings. The van der Waals surface area contributed by atoms with Crippen LogP contribution >= 0.6 is 0 Å². The van der Waals surface area contributed by atoms with Crippen LogP contribution in [0.4, 0.5) is 0 Å². The lowest BCUT2D eigenvalue weighted by Gasteiger charge is -2.37. The molecule has 5 heteroatoms. The minimum absolute atomic E-state index is 0.0399. The van der Waals surface area contributed by atoms with Gasteiger partial charge in [-0.15, -0.1) is 0 Å². The Labute approximate surface area is 89.2 Å². The number of rotatable bonds is 4. The van der Waals surface area contributed by atoms with E-state index in [1.807, 2.05) is 11.8 Å². The second-order valence-electron chi connectivity index (χ2n) is 3.62. The third-order valence-electron chi connectivity index (χ3n) is 2.62.